The number of likely N-dealkylation sites (tertiary alicyclic amines) is 1. The van der Waals surface area contributed by atoms with Crippen molar-refractivity contribution in [3.05, 3.63) is 30.1 Å². The lowest BCUT2D eigenvalue weighted by molar-refractivity contribution is -0.135. The molecule has 0 aliphatic carbocycles. The van der Waals surface area contributed by atoms with Gasteiger partial charge in [-0.2, -0.15) is 0 Å². The van der Waals surface area contributed by atoms with Crippen molar-refractivity contribution in [3.8, 4) is 0 Å². The fourth-order valence-corrected chi connectivity index (χ4v) is 4.14. The number of sulfonamides is 1. The average molecular weight is 430 g/mol. The molecule has 8 nitrogen and oxygen atoms in total. The van der Waals surface area contributed by atoms with E-state index in [1.165, 1.54) is 12.1 Å². The lowest BCUT2D eigenvalue weighted by Crippen LogP contribution is -2.44. The third-order valence-electron chi connectivity index (χ3n) is 4.80. The summed E-state index contributed by atoms with van der Waals surface area (Å²) in [4.78, 5) is 26.0. The number of ether oxygens (including phenoxy) is 1. The van der Waals surface area contributed by atoms with Gasteiger partial charge in [-0.25, -0.2) is 17.5 Å². The number of benzene rings is 1. The third kappa shape index (κ3) is 7.37. The Morgan fingerprint density at radius 2 is 1.83 bits per heavy atom. The number of nitrogens with zero attached hydrogens (tertiary/aromatic N) is 1. The monoisotopic (exact) mass is 429 g/mol. The van der Waals surface area contributed by atoms with Crippen LogP contribution in [0.3, 0.4) is 0 Å². The maximum absolute atomic E-state index is 12.9. The molecule has 1 heterocycles. The lowest BCUT2D eigenvalue weighted by atomic mass is 9.95. The zero-order valence-corrected chi connectivity index (χ0v) is 17.3. The molecule has 0 unspecified atom stereocenters. The second-order valence-electron chi connectivity index (χ2n) is 6.89. The highest BCUT2D eigenvalue weighted by Crippen LogP contribution is 2.18. The quantitative estimate of drug-likeness (QED) is 0.538. The Kier molecular flexibility index (Phi) is 8.99. The van der Waals surface area contributed by atoms with Crippen LogP contribution in [-0.4, -0.2) is 65.0 Å². The normalized spacial score (nSPS) is 15.3. The molecule has 1 aromatic carbocycles. The Bertz CT molecular complexity index is 778. The molecule has 0 spiro atoms. The van der Waals surface area contributed by atoms with Gasteiger partial charge in [0.05, 0.1) is 4.90 Å². The van der Waals surface area contributed by atoms with Crippen LogP contribution in [0.15, 0.2) is 29.2 Å². The number of carbonyl (C=O) groups excluding carboxylic acids is 2. The summed E-state index contributed by atoms with van der Waals surface area (Å²) in [6.45, 7) is 2.07. The molecule has 0 bridgehead atoms. The van der Waals surface area contributed by atoms with Crippen LogP contribution in [0.4, 0.5) is 4.39 Å². The van der Waals surface area contributed by atoms with Gasteiger partial charge >= 0.3 is 0 Å². The van der Waals surface area contributed by atoms with E-state index in [0.717, 1.165) is 18.6 Å². The van der Waals surface area contributed by atoms with Gasteiger partial charge in [-0.3, -0.25) is 9.59 Å². The summed E-state index contributed by atoms with van der Waals surface area (Å²) >= 11 is 0. The first-order chi connectivity index (χ1) is 13.8. The molecule has 10 heteroatoms. The number of methoxy groups -OCH3 is 1. The number of nitrogens with one attached hydrogen (secondary N) is 2. The van der Waals surface area contributed by atoms with Crippen LogP contribution >= 0.6 is 0 Å². The van der Waals surface area contributed by atoms with Gasteiger partial charge in [-0.1, -0.05) is 0 Å². The first-order valence-electron chi connectivity index (χ1n) is 9.63. The van der Waals surface area contributed by atoms with Crippen LogP contribution in [-0.2, 0) is 24.3 Å². The minimum atomic E-state index is -3.79. The Labute approximate surface area is 170 Å². The molecule has 0 atom stereocenters. The van der Waals surface area contributed by atoms with Gasteiger partial charge in [0.25, 0.3) is 0 Å². The Hall–Kier alpha value is -2.04. The fourth-order valence-electron chi connectivity index (χ4n) is 3.11. The number of carbonyl (C=O) groups is 2. The van der Waals surface area contributed by atoms with Crippen molar-refractivity contribution < 1.29 is 27.1 Å². The third-order valence-corrected chi connectivity index (χ3v) is 6.27. The highest BCUT2D eigenvalue weighted by Gasteiger charge is 2.27. The molecule has 1 aromatic rings. The number of amides is 2. The fraction of sp³-hybridized carbons (Fsp3) is 0.579. The van der Waals surface area contributed by atoms with E-state index >= 15 is 0 Å². The van der Waals surface area contributed by atoms with E-state index in [-0.39, 0.29) is 35.6 Å². The number of halogens is 1. The van der Waals surface area contributed by atoms with Gasteiger partial charge in [0.15, 0.2) is 0 Å². The first kappa shape index (κ1) is 23.2. The summed E-state index contributed by atoms with van der Waals surface area (Å²) in [6, 6.07) is 4.48. The standard InChI is InChI=1S/C19H28FN3O5S/c1-28-14-2-10-21-19(25)15-8-12-23(13-9-15)18(24)7-11-22-29(26,27)17-5-3-16(20)4-6-17/h3-6,15,22H,2,7-14H2,1H3,(H,21,25). The van der Waals surface area contributed by atoms with E-state index in [0.29, 0.717) is 39.1 Å². The number of hydrogen-bond donors (Lipinski definition) is 2. The van der Waals surface area contributed by atoms with Gasteiger partial charge in [0.2, 0.25) is 21.8 Å². The molecule has 29 heavy (non-hydrogen) atoms. The highest BCUT2D eigenvalue weighted by molar-refractivity contribution is 7.89. The summed E-state index contributed by atoms with van der Waals surface area (Å²) in [5.74, 6) is -0.796. The van der Waals surface area contributed by atoms with Crippen molar-refractivity contribution in [2.45, 2.75) is 30.6 Å². The zero-order chi connectivity index (χ0) is 21.3. The largest absolute Gasteiger partial charge is 0.385 e. The molecule has 1 aliphatic heterocycles. The summed E-state index contributed by atoms with van der Waals surface area (Å²) in [6.07, 6.45) is 1.95. The van der Waals surface area contributed by atoms with Crippen LogP contribution in [0.2, 0.25) is 0 Å². The van der Waals surface area contributed by atoms with Gasteiger partial charge in [0, 0.05) is 52.2 Å². The Morgan fingerprint density at radius 3 is 2.45 bits per heavy atom. The molecule has 0 aromatic heterocycles. The van der Waals surface area contributed by atoms with Crippen molar-refractivity contribution in [2.24, 2.45) is 5.92 Å². The average Bonchev–Trinajstić information content (AvgIpc) is 2.71. The molecule has 0 radical (unpaired) electrons. The van der Waals surface area contributed by atoms with Crippen LogP contribution in [0.1, 0.15) is 25.7 Å². The van der Waals surface area contributed by atoms with Crippen LogP contribution in [0, 0.1) is 11.7 Å². The first-order valence-corrected chi connectivity index (χ1v) is 11.1. The topological polar surface area (TPSA) is 105 Å². The molecular formula is C19H28FN3O5S. The zero-order valence-electron chi connectivity index (χ0n) is 16.5. The van der Waals surface area contributed by atoms with Gasteiger partial charge in [0.1, 0.15) is 5.82 Å². The molecule has 2 amide bonds. The Balaban J connectivity index is 1.70. The van der Waals surface area contributed by atoms with Crippen molar-refractivity contribution >= 4 is 21.8 Å². The maximum atomic E-state index is 12.9. The van der Waals surface area contributed by atoms with Gasteiger partial charge in [-0.05, 0) is 43.5 Å². The maximum Gasteiger partial charge on any atom is 0.240 e. The van der Waals surface area contributed by atoms with E-state index in [1.807, 2.05) is 0 Å². The van der Waals surface area contributed by atoms with E-state index in [1.54, 1.807) is 12.0 Å². The Morgan fingerprint density at radius 1 is 1.17 bits per heavy atom. The second kappa shape index (κ2) is 11.2. The summed E-state index contributed by atoms with van der Waals surface area (Å²) in [7, 11) is -2.17. The number of hydrogen-bond acceptors (Lipinski definition) is 5. The van der Waals surface area contributed by atoms with E-state index in [4.69, 9.17) is 4.74 Å². The molecule has 2 N–H and O–H groups in total. The van der Waals surface area contributed by atoms with E-state index < -0.39 is 15.8 Å². The van der Waals surface area contributed by atoms with Crippen molar-refractivity contribution in [2.75, 3.05) is 39.9 Å². The predicted molar refractivity (Wildman–Crippen MR) is 105 cm³/mol. The van der Waals surface area contributed by atoms with E-state index in [2.05, 4.69) is 10.0 Å². The van der Waals surface area contributed by atoms with Crippen LogP contribution < -0.4 is 10.0 Å². The predicted octanol–water partition coefficient (Wildman–Crippen LogP) is 0.885. The van der Waals surface area contributed by atoms with Crippen LogP contribution in [0.5, 0.6) is 0 Å². The van der Waals surface area contributed by atoms with Gasteiger partial charge < -0.3 is 15.0 Å². The second-order valence-corrected chi connectivity index (χ2v) is 8.66. The smallest absolute Gasteiger partial charge is 0.240 e. The molecular weight excluding hydrogens is 401 g/mol. The molecule has 2 rings (SSSR count). The lowest BCUT2D eigenvalue weighted by Gasteiger charge is -2.31. The highest BCUT2D eigenvalue weighted by atomic mass is 32.2. The summed E-state index contributed by atoms with van der Waals surface area (Å²) < 4.78 is 44.5. The van der Waals surface area contributed by atoms with Gasteiger partial charge in [-0.15, -0.1) is 0 Å². The minimum Gasteiger partial charge on any atom is -0.385 e. The summed E-state index contributed by atoms with van der Waals surface area (Å²) in [5.41, 5.74) is 0. The minimum absolute atomic E-state index is 0.000241. The molecule has 1 fully saturated rings. The van der Waals surface area contributed by atoms with Crippen molar-refractivity contribution in [1.29, 1.82) is 0 Å². The molecule has 162 valence electrons. The van der Waals surface area contributed by atoms with Crippen molar-refractivity contribution in [3.63, 3.8) is 0 Å². The van der Waals surface area contributed by atoms with Crippen LogP contribution in [0.25, 0.3) is 0 Å². The summed E-state index contributed by atoms with van der Waals surface area (Å²) in [5, 5.41) is 2.88. The number of rotatable bonds is 10. The van der Waals surface area contributed by atoms with E-state index in [9.17, 15) is 22.4 Å². The SMILES string of the molecule is COCCCNC(=O)C1CCN(C(=O)CCNS(=O)(=O)c2ccc(F)cc2)CC1. The van der Waals surface area contributed by atoms with Crippen molar-refractivity contribution in [1.82, 2.24) is 14.9 Å². The molecule has 1 saturated heterocycles. The molecule has 0 saturated carbocycles. The molecule has 1 aliphatic rings. The number of piperidine rings is 1.